The van der Waals surface area contributed by atoms with E-state index in [0.29, 0.717) is 22.8 Å². The van der Waals surface area contributed by atoms with Crippen LogP contribution in [0.15, 0.2) is 30.6 Å². The van der Waals surface area contributed by atoms with Crippen LogP contribution in [0.1, 0.15) is 5.56 Å². The van der Waals surface area contributed by atoms with Crippen molar-refractivity contribution in [2.75, 3.05) is 5.32 Å². The summed E-state index contributed by atoms with van der Waals surface area (Å²) in [6.07, 6.45) is 3.16. The standard InChI is InChI=1S/C12H12ClFN4O/c13-9-2-1-8(11(14)3-9)4-16-10-5-17-18(6-10)7-12(15)19/h1-3,5-6,16H,4,7H2,(H2,15,19). The van der Waals surface area contributed by atoms with Crippen LogP contribution in [0.4, 0.5) is 10.1 Å². The molecule has 5 nitrogen and oxygen atoms in total. The zero-order chi connectivity index (χ0) is 13.8. The van der Waals surface area contributed by atoms with Crippen LogP contribution in [0.5, 0.6) is 0 Å². The van der Waals surface area contributed by atoms with Gasteiger partial charge in [-0.25, -0.2) is 4.39 Å². The van der Waals surface area contributed by atoms with Gasteiger partial charge in [0, 0.05) is 23.3 Å². The number of amides is 1. The molecule has 0 unspecified atom stereocenters. The molecule has 0 aliphatic heterocycles. The number of hydrogen-bond acceptors (Lipinski definition) is 3. The third-order valence-corrected chi connectivity index (χ3v) is 2.68. The number of anilines is 1. The third kappa shape index (κ3) is 3.69. The number of carbonyl (C=O) groups is 1. The van der Waals surface area contributed by atoms with Gasteiger partial charge in [0.15, 0.2) is 0 Å². The lowest BCUT2D eigenvalue weighted by atomic mass is 10.2. The van der Waals surface area contributed by atoms with Gasteiger partial charge in [-0.2, -0.15) is 5.10 Å². The zero-order valence-corrected chi connectivity index (χ0v) is 10.7. The number of aromatic nitrogens is 2. The Hall–Kier alpha value is -2.08. The summed E-state index contributed by atoms with van der Waals surface area (Å²) in [5, 5.41) is 7.30. The first-order chi connectivity index (χ1) is 9.04. The van der Waals surface area contributed by atoms with E-state index in [9.17, 15) is 9.18 Å². The highest BCUT2D eigenvalue weighted by atomic mass is 35.5. The number of carbonyl (C=O) groups excluding carboxylic acids is 1. The maximum Gasteiger partial charge on any atom is 0.239 e. The van der Waals surface area contributed by atoms with Gasteiger partial charge >= 0.3 is 0 Å². The number of halogens is 2. The predicted molar refractivity (Wildman–Crippen MR) is 70.2 cm³/mol. The highest BCUT2D eigenvalue weighted by molar-refractivity contribution is 6.30. The monoisotopic (exact) mass is 282 g/mol. The first kappa shape index (κ1) is 13.4. The minimum atomic E-state index is -0.474. The molecule has 100 valence electrons. The third-order valence-electron chi connectivity index (χ3n) is 2.45. The van der Waals surface area contributed by atoms with Gasteiger partial charge in [0.1, 0.15) is 12.4 Å². The molecular formula is C12H12ClFN4O. The van der Waals surface area contributed by atoms with E-state index in [4.69, 9.17) is 17.3 Å². The predicted octanol–water partition coefficient (Wildman–Crippen LogP) is 1.77. The number of benzene rings is 1. The number of nitrogens with zero attached hydrogens (tertiary/aromatic N) is 2. The van der Waals surface area contributed by atoms with Crippen molar-refractivity contribution >= 4 is 23.2 Å². The van der Waals surface area contributed by atoms with Gasteiger partial charge in [0.05, 0.1) is 11.9 Å². The van der Waals surface area contributed by atoms with E-state index >= 15 is 0 Å². The van der Waals surface area contributed by atoms with Gasteiger partial charge in [-0.3, -0.25) is 9.48 Å². The van der Waals surface area contributed by atoms with Gasteiger partial charge in [-0.1, -0.05) is 17.7 Å². The molecule has 2 rings (SSSR count). The molecule has 3 N–H and O–H groups in total. The summed E-state index contributed by atoms with van der Waals surface area (Å²) < 4.78 is 14.9. The fraction of sp³-hybridized carbons (Fsp3) is 0.167. The van der Waals surface area contributed by atoms with Crippen molar-refractivity contribution in [1.29, 1.82) is 0 Å². The Labute approximate surface area is 114 Å². The van der Waals surface area contributed by atoms with Crippen LogP contribution in [0.25, 0.3) is 0 Å². The topological polar surface area (TPSA) is 72.9 Å². The molecule has 0 saturated carbocycles. The van der Waals surface area contributed by atoms with Crippen molar-refractivity contribution < 1.29 is 9.18 Å². The molecule has 1 heterocycles. The largest absolute Gasteiger partial charge is 0.378 e. The second-order valence-electron chi connectivity index (χ2n) is 3.98. The molecule has 7 heteroatoms. The number of nitrogens with two attached hydrogens (primary N) is 1. The van der Waals surface area contributed by atoms with Crippen molar-refractivity contribution in [2.45, 2.75) is 13.1 Å². The van der Waals surface area contributed by atoms with Gasteiger partial charge in [-0.05, 0) is 12.1 Å². The summed E-state index contributed by atoms with van der Waals surface area (Å²) in [4.78, 5) is 10.7. The molecule has 0 radical (unpaired) electrons. The summed E-state index contributed by atoms with van der Waals surface area (Å²) >= 11 is 5.67. The van der Waals surface area contributed by atoms with E-state index in [1.807, 2.05) is 0 Å². The zero-order valence-electron chi connectivity index (χ0n) is 9.94. The van der Waals surface area contributed by atoms with Crippen LogP contribution in [-0.4, -0.2) is 15.7 Å². The number of primary amides is 1. The maximum absolute atomic E-state index is 13.5. The molecule has 1 amide bonds. The lowest BCUT2D eigenvalue weighted by Gasteiger charge is -2.05. The summed E-state index contributed by atoms with van der Waals surface area (Å²) in [7, 11) is 0. The van der Waals surface area contributed by atoms with Crippen molar-refractivity contribution in [3.05, 3.63) is 47.0 Å². The highest BCUT2D eigenvalue weighted by Gasteiger charge is 2.04. The van der Waals surface area contributed by atoms with Crippen LogP contribution >= 0.6 is 11.6 Å². The van der Waals surface area contributed by atoms with E-state index in [1.165, 1.54) is 16.9 Å². The summed E-state index contributed by atoms with van der Waals surface area (Å²) in [5.74, 6) is -0.845. The molecule has 1 aromatic carbocycles. The Morgan fingerprint density at radius 2 is 2.32 bits per heavy atom. The Morgan fingerprint density at radius 3 is 3.00 bits per heavy atom. The summed E-state index contributed by atoms with van der Waals surface area (Å²) in [5.41, 5.74) is 6.22. The van der Waals surface area contributed by atoms with Crippen LogP contribution in [0.2, 0.25) is 5.02 Å². The van der Waals surface area contributed by atoms with E-state index in [1.54, 1.807) is 18.3 Å². The first-order valence-electron chi connectivity index (χ1n) is 5.53. The maximum atomic E-state index is 13.5. The molecule has 0 saturated heterocycles. The molecule has 0 spiro atoms. The second kappa shape index (κ2) is 5.71. The number of rotatable bonds is 5. The van der Waals surface area contributed by atoms with Crippen molar-refractivity contribution in [2.24, 2.45) is 5.73 Å². The molecule has 0 atom stereocenters. The van der Waals surface area contributed by atoms with Gasteiger partial charge in [-0.15, -0.1) is 0 Å². The Balaban J connectivity index is 1.98. The minimum absolute atomic E-state index is 0.0109. The molecule has 19 heavy (non-hydrogen) atoms. The first-order valence-corrected chi connectivity index (χ1v) is 5.91. The van der Waals surface area contributed by atoms with Crippen molar-refractivity contribution in [3.8, 4) is 0 Å². The van der Waals surface area contributed by atoms with Crippen LogP contribution in [0.3, 0.4) is 0 Å². The van der Waals surface area contributed by atoms with Gasteiger partial charge < -0.3 is 11.1 Å². The van der Waals surface area contributed by atoms with E-state index in [0.717, 1.165) is 0 Å². The lowest BCUT2D eigenvalue weighted by Crippen LogP contribution is -2.18. The van der Waals surface area contributed by atoms with Gasteiger partial charge in [0.2, 0.25) is 5.91 Å². The Bertz CT molecular complexity index is 599. The summed E-state index contributed by atoms with van der Waals surface area (Å²) in [6.45, 7) is 0.308. The summed E-state index contributed by atoms with van der Waals surface area (Å²) in [6, 6.07) is 4.49. The second-order valence-corrected chi connectivity index (χ2v) is 4.42. The average molecular weight is 283 g/mol. The van der Waals surface area contributed by atoms with E-state index < -0.39 is 5.91 Å². The minimum Gasteiger partial charge on any atom is -0.378 e. The molecule has 1 aromatic heterocycles. The normalized spacial score (nSPS) is 10.4. The fourth-order valence-electron chi connectivity index (χ4n) is 1.56. The SMILES string of the molecule is NC(=O)Cn1cc(NCc2ccc(Cl)cc2F)cn1. The van der Waals surface area contributed by atoms with Crippen LogP contribution < -0.4 is 11.1 Å². The van der Waals surface area contributed by atoms with Crippen molar-refractivity contribution in [1.82, 2.24) is 9.78 Å². The van der Waals surface area contributed by atoms with Gasteiger partial charge in [0.25, 0.3) is 0 Å². The molecular weight excluding hydrogens is 271 g/mol. The van der Waals surface area contributed by atoms with Crippen molar-refractivity contribution in [3.63, 3.8) is 0 Å². The quantitative estimate of drug-likeness (QED) is 0.878. The molecule has 0 bridgehead atoms. The Morgan fingerprint density at radius 1 is 1.53 bits per heavy atom. The average Bonchev–Trinajstić information content (AvgIpc) is 2.74. The van der Waals surface area contributed by atoms with E-state index in [-0.39, 0.29) is 12.4 Å². The molecule has 0 aliphatic carbocycles. The van der Waals surface area contributed by atoms with Crippen LogP contribution in [0, 0.1) is 5.82 Å². The fourth-order valence-corrected chi connectivity index (χ4v) is 1.72. The number of hydrogen-bond donors (Lipinski definition) is 2. The van der Waals surface area contributed by atoms with E-state index in [2.05, 4.69) is 10.4 Å². The molecule has 0 aliphatic rings. The Kier molecular flexibility index (Phi) is 4.01. The highest BCUT2D eigenvalue weighted by Crippen LogP contribution is 2.16. The smallest absolute Gasteiger partial charge is 0.239 e. The number of nitrogens with one attached hydrogen (secondary N) is 1. The lowest BCUT2D eigenvalue weighted by molar-refractivity contribution is -0.118. The van der Waals surface area contributed by atoms with Crippen LogP contribution in [-0.2, 0) is 17.9 Å². The molecule has 2 aromatic rings. The molecule has 0 fully saturated rings.